The Bertz CT molecular complexity index is 520. The zero-order chi connectivity index (χ0) is 15.8. The van der Waals surface area contributed by atoms with Crippen molar-refractivity contribution in [2.45, 2.75) is 40.2 Å². The van der Waals surface area contributed by atoms with Crippen molar-refractivity contribution >= 4 is 5.78 Å². The Kier molecular flexibility index (Phi) is 2.40. The van der Waals surface area contributed by atoms with Gasteiger partial charge in [0.1, 0.15) is 0 Å². The number of carbonyl (C=O) groups is 1. The Labute approximate surface area is 103 Å². The number of rotatable bonds is 3. The number of nitrogens with two attached hydrogens (primary N) is 1. The summed E-state index contributed by atoms with van der Waals surface area (Å²) in [6.45, 7) is 6.88. The van der Waals surface area contributed by atoms with Crippen molar-refractivity contribution < 1.29 is 10.3 Å². The van der Waals surface area contributed by atoms with E-state index in [9.17, 15) is 4.79 Å². The fourth-order valence-corrected chi connectivity index (χ4v) is 1.46. The third kappa shape index (κ3) is 3.46. The molecule has 0 aliphatic carbocycles. The Morgan fingerprint density at radius 2 is 2.12 bits per heavy atom. The average molecular weight is 223 g/mol. The third-order valence-electron chi connectivity index (χ3n) is 2.30. The molecule has 2 N–H and O–H groups in total. The van der Waals surface area contributed by atoms with E-state index in [1.807, 2.05) is 0 Å². The van der Waals surface area contributed by atoms with E-state index in [2.05, 4.69) is 0 Å². The number of hydrogen-bond acceptors (Lipinski definition) is 2. The molecule has 1 aromatic rings. The van der Waals surface area contributed by atoms with E-state index in [1.165, 1.54) is 0 Å². The van der Waals surface area contributed by atoms with Gasteiger partial charge in [-0.25, -0.2) is 0 Å². The molecule has 0 saturated heterocycles. The quantitative estimate of drug-likeness (QED) is 0.855. The highest BCUT2D eigenvalue weighted by atomic mass is 16.1. The van der Waals surface area contributed by atoms with Crippen LogP contribution in [-0.2, 0) is 11.2 Å². The lowest BCUT2D eigenvalue weighted by Gasteiger charge is -2.21. The number of benzene rings is 1. The van der Waals surface area contributed by atoms with E-state index >= 15 is 0 Å². The maximum atomic E-state index is 12.1. The summed E-state index contributed by atoms with van der Waals surface area (Å²) in [5.74, 6) is -0.143. The molecule has 2 heteroatoms. The van der Waals surface area contributed by atoms with Crippen molar-refractivity contribution in [3.8, 4) is 0 Å². The maximum Gasteiger partial charge on any atom is 0.155 e. The van der Waals surface area contributed by atoms with Gasteiger partial charge in [-0.2, -0.15) is 0 Å². The average Bonchev–Trinajstić information content (AvgIpc) is 2.36. The minimum absolute atomic E-state index is 0.0353. The normalized spacial score (nSPS) is 17.1. The standard InChI is InChI=1S/C14H21NO/c1-10-6-5-7-11(8-10)9-12(15)13(16)14(2,3)4/h5-8,12H,9,15H2,1-4H3/t12-/m0/s1/i5D,6D,7D,8D. The van der Waals surface area contributed by atoms with Gasteiger partial charge in [0.25, 0.3) is 0 Å². The molecule has 2 nitrogen and oxygen atoms in total. The van der Waals surface area contributed by atoms with Crippen LogP contribution in [0.5, 0.6) is 0 Å². The van der Waals surface area contributed by atoms with Gasteiger partial charge in [0.05, 0.1) is 11.5 Å². The SMILES string of the molecule is [2H]c1c([2H])c(C)c([2H])c(C[C@H](N)C(=O)C(C)(C)C)c1[2H]. The molecular formula is C14H21NO. The topological polar surface area (TPSA) is 43.1 Å². The first-order chi connectivity index (χ1) is 8.98. The Morgan fingerprint density at radius 1 is 1.50 bits per heavy atom. The molecule has 88 valence electrons. The highest BCUT2D eigenvalue weighted by Gasteiger charge is 2.26. The summed E-state index contributed by atoms with van der Waals surface area (Å²) in [4.78, 5) is 12.1. The van der Waals surface area contributed by atoms with Gasteiger partial charge < -0.3 is 5.73 Å². The lowest BCUT2D eigenvalue weighted by molar-refractivity contribution is -0.127. The molecule has 0 aliphatic rings. The molecule has 0 aliphatic heterocycles. The van der Waals surface area contributed by atoms with Crippen LogP contribution in [0.4, 0.5) is 0 Å². The van der Waals surface area contributed by atoms with Crippen LogP contribution in [0, 0.1) is 12.3 Å². The van der Waals surface area contributed by atoms with E-state index in [-0.39, 0.29) is 41.9 Å². The summed E-state index contributed by atoms with van der Waals surface area (Å²) < 4.78 is 31.2. The molecule has 0 aromatic heterocycles. The number of ketones is 1. The molecule has 0 heterocycles. The maximum absolute atomic E-state index is 12.1. The van der Waals surface area contributed by atoms with Crippen LogP contribution in [-0.4, -0.2) is 11.8 Å². The van der Waals surface area contributed by atoms with Crippen LogP contribution in [0.2, 0.25) is 0 Å². The molecule has 0 saturated carbocycles. The molecule has 0 fully saturated rings. The largest absolute Gasteiger partial charge is 0.321 e. The van der Waals surface area contributed by atoms with Crippen LogP contribution in [0.3, 0.4) is 0 Å². The number of Topliss-reactive ketones (excluding diaryl/α,β-unsaturated/α-hetero) is 1. The second-order valence-corrected chi connectivity index (χ2v) is 5.03. The molecule has 1 atom stereocenters. The van der Waals surface area contributed by atoms with E-state index in [4.69, 9.17) is 11.2 Å². The van der Waals surface area contributed by atoms with Crippen molar-refractivity contribution in [3.05, 3.63) is 35.3 Å². The first-order valence-electron chi connectivity index (χ1n) is 7.34. The van der Waals surface area contributed by atoms with Crippen molar-refractivity contribution in [2.24, 2.45) is 11.1 Å². The minimum atomic E-state index is -0.807. The van der Waals surface area contributed by atoms with Crippen LogP contribution in [0.15, 0.2) is 24.2 Å². The number of carbonyl (C=O) groups excluding carboxylic acids is 1. The van der Waals surface area contributed by atoms with Gasteiger partial charge in [0, 0.05) is 5.41 Å². The zero-order valence-electron chi connectivity index (χ0n) is 14.3. The second-order valence-electron chi connectivity index (χ2n) is 5.03. The van der Waals surface area contributed by atoms with E-state index in [0.29, 0.717) is 5.56 Å². The summed E-state index contributed by atoms with van der Waals surface area (Å²) in [6.07, 6.45) is 0.0563. The van der Waals surface area contributed by atoms with Gasteiger partial charge in [-0.15, -0.1) is 0 Å². The molecule has 0 amide bonds. The Hall–Kier alpha value is -1.15. The molecule has 0 unspecified atom stereocenters. The molecule has 0 bridgehead atoms. The van der Waals surface area contributed by atoms with Gasteiger partial charge in [-0.05, 0) is 18.9 Å². The van der Waals surface area contributed by atoms with Crippen LogP contribution in [0.1, 0.15) is 37.4 Å². The highest BCUT2D eigenvalue weighted by Crippen LogP contribution is 2.18. The van der Waals surface area contributed by atoms with Crippen molar-refractivity contribution in [3.63, 3.8) is 0 Å². The molecule has 0 radical (unpaired) electrons. The summed E-state index contributed by atoms with van der Waals surface area (Å²) in [5, 5.41) is 0. The van der Waals surface area contributed by atoms with E-state index in [1.54, 1.807) is 27.7 Å². The van der Waals surface area contributed by atoms with Gasteiger partial charge in [0.15, 0.2) is 5.78 Å². The summed E-state index contributed by atoms with van der Waals surface area (Å²) in [7, 11) is 0. The fourth-order valence-electron chi connectivity index (χ4n) is 1.46. The molecule has 0 spiro atoms. The fraction of sp³-hybridized carbons (Fsp3) is 0.500. The summed E-state index contributed by atoms with van der Waals surface area (Å²) >= 11 is 0. The first kappa shape index (κ1) is 8.02. The van der Waals surface area contributed by atoms with Crippen LogP contribution >= 0.6 is 0 Å². The predicted molar refractivity (Wildman–Crippen MR) is 67.3 cm³/mol. The van der Waals surface area contributed by atoms with Gasteiger partial charge in [-0.3, -0.25) is 4.79 Å². The molecular weight excluding hydrogens is 198 g/mol. The zero-order valence-corrected chi connectivity index (χ0v) is 10.3. The summed E-state index contributed by atoms with van der Waals surface area (Å²) in [5.41, 5.74) is 5.92. The summed E-state index contributed by atoms with van der Waals surface area (Å²) in [6, 6.07) is -1.28. The number of hydrogen-bond donors (Lipinski definition) is 1. The van der Waals surface area contributed by atoms with Crippen molar-refractivity contribution in [1.82, 2.24) is 0 Å². The van der Waals surface area contributed by atoms with Crippen molar-refractivity contribution in [2.75, 3.05) is 0 Å². The Morgan fingerprint density at radius 3 is 2.69 bits per heavy atom. The van der Waals surface area contributed by atoms with Gasteiger partial charge >= 0.3 is 0 Å². The smallest absolute Gasteiger partial charge is 0.155 e. The monoisotopic (exact) mass is 223 g/mol. The first-order valence-corrected chi connectivity index (χ1v) is 5.34. The van der Waals surface area contributed by atoms with Gasteiger partial charge in [0.2, 0.25) is 0 Å². The van der Waals surface area contributed by atoms with E-state index in [0.717, 1.165) is 0 Å². The third-order valence-corrected chi connectivity index (χ3v) is 2.30. The second kappa shape index (κ2) is 4.79. The van der Waals surface area contributed by atoms with Gasteiger partial charge in [-0.1, -0.05) is 50.5 Å². The van der Waals surface area contributed by atoms with Crippen molar-refractivity contribution in [1.29, 1.82) is 0 Å². The van der Waals surface area contributed by atoms with Crippen LogP contribution < -0.4 is 5.73 Å². The lowest BCUT2D eigenvalue weighted by atomic mass is 9.84. The molecule has 16 heavy (non-hydrogen) atoms. The molecule has 1 aromatic carbocycles. The lowest BCUT2D eigenvalue weighted by Crippen LogP contribution is -2.40. The molecule has 1 rings (SSSR count). The highest BCUT2D eigenvalue weighted by molar-refractivity contribution is 5.88. The Balaban J connectivity index is 3.20. The van der Waals surface area contributed by atoms with Crippen LogP contribution in [0.25, 0.3) is 0 Å². The predicted octanol–water partition coefficient (Wildman–Crippen LogP) is 2.48. The van der Waals surface area contributed by atoms with E-state index < -0.39 is 11.5 Å². The minimum Gasteiger partial charge on any atom is -0.321 e.